The molecule has 4 heteroatoms. The molecular weight excluding hydrogens is 386 g/mol. The number of nitrogens with one attached hydrogen (secondary N) is 1. The summed E-state index contributed by atoms with van der Waals surface area (Å²) in [5, 5.41) is 2.95. The first-order chi connectivity index (χ1) is 14.8. The van der Waals surface area contributed by atoms with Gasteiger partial charge in [-0.1, -0.05) is 81.4 Å². The number of hydrogen-bond acceptors (Lipinski definition) is 3. The molecule has 3 aromatic carbocycles. The maximum atomic E-state index is 13.1. The Bertz CT molecular complexity index is 1080. The van der Waals surface area contributed by atoms with Crippen LogP contribution in [-0.4, -0.2) is 25.0 Å². The quantitative estimate of drug-likeness (QED) is 0.608. The summed E-state index contributed by atoms with van der Waals surface area (Å²) < 4.78 is 5.10. The van der Waals surface area contributed by atoms with Crippen molar-refractivity contribution in [2.24, 2.45) is 0 Å². The van der Waals surface area contributed by atoms with E-state index in [9.17, 15) is 9.59 Å². The minimum atomic E-state index is -0.829. The van der Waals surface area contributed by atoms with Crippen molar-refractivity contribution >= 4 is 11.9 Å². The van der Waals surface area contributed by atoms with Crippen molar-refractivity contribution in [1.29, 1.82) is 0 Å². The second-order valence-corrected chi connectivity index (χ2v) is 8.95. The summed E-state index contributed by atoms with van der Waals surface area (Å²) in [7, 11) is 1.35. The van der Waals surface area contributed by atoms with Gasteiger partial charge in [-0.15, -0.1) is 0 Å². The van der Waals surface area contributed by atoms with E-state index >= 15 is 0 Å². The number of rotatable bonds is 4. The lowest BCUT2D eigenvalue weighted by Gasteiger charge is -2.25. The SMILES string of the molecule is COC(=O)[C@@H](NC(=O)c1ccc(C(C)(C)C)cc1)C1c2ccccc2-c2ccccc21. The number of benzene rings is 3. The van der Waals surface area contributed by atoms with Crippen molar-refractivity contribution in [3.63, 3.8) is 0 Å². The molecule has 0 fully saturated rings. The molecule has 1 amide bonds. The van der Waals surface area contributed by atoms with E-state index in [0.717, 1.165) is 27.8 Å². The molecule has 0 spiro atoms. The zero-order valence-corrected chi connectivity index (χ0v) is 18.3. The predicted octanol–water partition coefficient (Wildman–Crippen LogP) is 5.07. The Morgan fingerprint density at radius 3 is 1.84 bits per heavy atom. The van der Waals surface area contributed by atoms with Crippen LogP contribution in [0.15, 0.2) is 72.8 Å². The Balaban J connectivity index is 1.69. The minimum absolute atomic E-state index is 0.000819. The van der Waals surface area contributed by atoms with Gasteiger partial charge in [0.05, 0.1) is 7.11 Å². The van der Waals surface area contributed by atoms with Gasteiger partial charge in [0.25, 0.3) is 5.91 Å². The molecular formula is C27H27NO3. The summed E-state index contributed by atoms with van der Waals surface area (Å²) in [6.07, 6.45) is 0. The van der Waals surface area contributed by atoms with Gasteiger partial charge in [-0.25, -0.2) is 4.79 Å². The van der Waals surface area contributed by atoms with Gasteiger partial charge < -0.3 is 10.1 Å². The van der Waals surface area contributed by atoms with E-state index in [1.807, 2.05) is 48.5 Å². The number of methoxy groups -OCH3 is 1. The maximum absolute atomic E-state index is 13.1. The Labute approximate surface area is 183 Å². The summed E-state index contributed by atoms with van der Waals surface area (Å²) in [5.41, 5.74) is 5.86. The van der Waals surface area contributed by atoms with Crippen LogP contribution < -0.4 is 5.32 Å². The smallest absolute Gasteiger partial charge is 0.329 e. The van der Waals surface area contributed by atoms with Crippen LogP contribution in [0.2, 0.25) is 0 Å². The van der Waals surface area contributed by atoms with Gasteiger partial charge in [0.1, 0.15) is 6.04 Å². The number of esters is 1. The van der Waals surface area contributed by atoms with Gasteiger partial charge in [0, 0.05) is 11.5 Å². The van der Waals surface area contributed by atoms with Crippen LogP contribution in [0.1, 0.15) is 53.7 Å². The second-order valence-electron chi connectivity index (χ2n) is 8.95. The van der Waals surface area contributed by atoms with Crippen LogP contribution in [0, 0.1) is 0 Å². The van der Waals surface area contributed by atoms with Gasteiger partial charge >= 0.3 is 5.97 Å². The molecule has 0 aliphatic heterocycles. The van der Waals surface area contributed by atoms with Gasteiger partial charge in [0.2, 0.25) is 0 Å². The van der Waals surface area contributed by atoms with Crippen LogP contribution in [0.5, 0.6) is 0 Å². The van der Waals surface area contributed by atoms with Crippen LogP contribution in [0.3, 0.4) is 0 Å². The van der Waals surface area contributed by atoms with E-state index < -0.39 is 12.0 Å². The summed E-state index contributed by atoms with van der Waals surface area (Å²) >= 11 is 0. The molecule has 31 heavy (non-hydrogen) atoms. The summed E-state index contributed by atoms with van der Waals surface area (Å²) in [4.78, 5) is 25.9. The molecule has 1 N–H and O–H groups in total. The van der Waals surface area contributed by atoms with Crippen molar-refractivity contribution < 1.29 is 14.3 Å². The predicted molar refractivity (Wildman–Crippen MR) is 122 cm³/mol. The summed E-state index contributed by atoms with van der Waals surface area (Å²) in [6, 6.07) is 22.7. The highest BCUT2D eigenvalue weighted by atomic mass is 16.5. The van der Waals surface area contributed by atoms with Gasteiger partial charge in [-0.2, -0.15) is 0 Å². The third kappa shape index (κ3) is 3.86. The monoisotopic (exact) mass is 413 g/mol. The van der Waals surface area contributed by atoms with Crippen LogP contribution in [0.25, 0.3) is 11.1 Å². The van der Waals surface area contributed by atoms with Crippen LogP contribution in [-0.2, 0) is 14.9 Å². The highest BCUT2D eigenvalue weighted by molar-refractivity contribution is 5.98. The maximum Gasteiger partial charge on any atom is 0.329 e. The molecule has 4 nitrogen and oxygen atoms in total. The molecule has 1 aliphatic rings. The highest BCUT2D eigenvalue weighted by Gasteiger charge is 2.39. The Morgan fingerprint density at radius 2 is 1.35 bits per heavy atom. The average Bonchev–Trinajstić information content (AvgIpc) is 3.10. The van der Waals surface area contributed by atoms with Gasteiger partial charge in [0.15, 0.2) is 0 Å². The second kappa shape index (κ2) is 8.03. The van der Waals surface area contributed by atoms with E-state index in [2.05, 4.69) is 38.2 Å². The topological polar surface area (TPSA) is 55.4 Å². The summed E-state index contributed by atoms with van der Waals surface area (Å²) in [5.74, 6) is -1.06. The fourth-order valence-corrected chi connectivity index (χ4v) is 4.31. The first-order valence-electron chi connectivity index (χ1n) is 10.5. The van der Waals surface area contributed by atoms with Crippen molar-refractivity contribution in [3.8, 4) is 11.1 Å². The van der Waals surface area contributed by atoms with Gasteiger partial charge in [-0.05, 0) is 45.4 Å². The molecule has 1 aliphatic carbocycles. The number of ether oxygens (including phenoxy) is 1. The lowest BCUT2D eigenvalue weighted by Crippen LogP contribution is -2.45. The Kier molecular flexibility index (Phi) is 5.40. The molecule has 158 valence electrons. The largest absolute Gasteiger partial charge is 0.467 e. The Morgan fingerprint density at radius 1 is 0.839 bits per heavy atom. The highest BCUT2D eigenvalue weighted by Crippen LogP contribution is 2.46. The number of fused-ring (bicyclic) bond motifs is 3. The van der Waals surface area contributed by atoms with Crippen molar-refractivity contribution in [2.75, 3.05) is 7.11 Å². The molecule has 0 aromatic heterocycles. The number of carbonyl (C=O) groups is 2. The van der Waals surface area contributed by atoms with Crippen molar-refractivity contribution in [2.45, 2.75) is 38.1 Å². The summed E-state index contributed by atoms with van der Waals surface area (Å²) in [6.45, 7) is 6.39. The standard InChI is InChI=1S/C27H27NO3/c1-27(2,3)18-15-13-17(14-16-18)25(29)28-24(26(30)31-4)23-21-11-7-5-9-19(21)20-10-6-8-12-22(20)23/h5-16,23-24H,1-4H3,(H,28,29)/t24-/m0/s1. The number of carbonyl (C=O) groups excluding carboxylic acids is 2. The van der Waals surface area contributed by atoms with Crippen molar-refractivity contribution in [3.05, 3.63) is 95.1 Å². The Hall–Kier alpha value is -3.40. The van der Waals surface area contributed by atoms with E-state index in [4.69, 9.17) is 4.74 Å². The zero-order chi connectivity index (χ0) is 22.2. The zero-order valence-electron chi connectivity index (χ0n) is 18.3. The number of amides is 1. The van der Waals surface area contributed by atoms with E-state index in [-0.39, 0.29) is 17.2 Å². The molecule has 0 bridgehead atoms. The molecule has 1 atom stereocenters. The first kappa shape index (κ1) is 20.9. The lowest BCUT2D eigenvalue weighted by atomic mass is 9.86. The molecule has 0 saturated carbocycles. The van der Waals surface area contributed by atoms with Crippen molar-refractivity contribution in [1.82, 2.24) is 5.32 Å². The number of hydrogen-bond donors (Lipinski definition) is 1. The molecule has 0 saturated heterocycles. The third-order valence-electron chi connectivity index (χ3n) is 5.97. The molecule has 0 radical (unpaired) electrons. The molecule has 4 rings (SSSR count). The van der Waals surface area contributed by atoms with Crippen LogP contribution >= 0.6 is 0 Å². The first-order valence-corrected chi connectivity index (χ1v) is 10.5. The van der Waals surface area contributed by atoms with Gasteiger partial charge in [-0.3, -0.25) is 4.79 Å². The fraction of sp³-hybridized carbons (Fsp3) is 0.259. The average molecular weight is 414 g/mol. The molecule has 0 heterocycles. The van der Waals surface area contributed by atoms with Crippen LogP contribution in [0.4, 0.5) is 0 Å². The molecule has 3 aromatic rings. The van der Waals surface area contributed by atoms with E-state index in [1.54, 1.807) is 12.1 Å². The minimum Gasteiger partial charge on any atom is -0.467 e. The third-order valence-corrected chi connectivity index (χ3v) is 5.97. The van der Waals surface area contributed by atoms with E-state index in [1.165, 1.54) is 7.11 Å². The molecule has 0 unspecified atom stereocenters. The van der Waals surface area contributed by atoms with E-state index in [0.29, 0.717) is 5.56 Å². The fourth-order valence-electron chi connectivity index (χ4n) is 4.31. The lowest BCUT2D eigenvalue weighted by molar-refractivity contribution is -0.143. The normalized spacial score (nSPS) is 13.8.